The number of amides is 2. The van der Waals surface area contributed by atoms with Gasteiger partial charge in [0.1, 0.15) is 0 Å². The third kappa shape index (κ3) is 5.73. The fraction of sp³-hybridized carbons (Fsp3) is 0.364. The molecule has 0 radical (unpaired) electrons. The summed E-state index contributed by atoms with van der Waals surface area (Å²) in [5, 5.41) is 5.72. The molecule has 0 aromatic heterocycles. The Balaban J connectivity index is 1.96. The summed E-state index contributed by atoms with van der Waals surface area (Å²) >= 11 is 0. The molecule has 0 heterocycles. The molecule has 2 N–H and O–H groups in total. The molecule has 0 fully saturated rings. The number of hydrogen-bond acceptors (Lipinski definition) is 2. The molecule has 0 saturated carbocycles. The van der Waals surface area contributed by atoms with E-state index in [1.54, 1.807) is 18.2 Å². The summed E-state index contributed by atoms with van der Waals surface area (Å²) in [5.41, 5.74) is 3.46. The van der Waals surface area contributed by atoms with Gasteiger partial charge in [-0.05, 0) is 49.4 Å². The van der Waals surface area contributed by atoms with Crippen LogP contribution in [0.3, 0.4) is 0 Å². The van der Waals surface area contributed by atoms with Gasteiger partial charge in [0.2, 0.25) is 5.91 Å². The van der Waals surface area contributed by atoms with Gasteiger partial charge in [0.05, 0.1) is 11.3 Å². The van der Waals surface area contributed by atoms with Crippen molar-refractivity contribution in [2.75, 3.05) is 5.32 Å². The minimum Gasteiger partial charge on any atom is -0.350 e. The average molecular weight is 352 g/mol. The van der Waals surface area contributed by atoms with Gasteiger partial charge in [-0.15, -0.1) is 0 Å². The third-order valence-corrected chi connectivity index (χ3v) is 4.15. The van der Waals surface area contributed by atoms with Crippen molar-refractivity contribution in [1.29, 1.82) is 0 Å². The van der Waals surface area contributed by atoms with Gasteiger partial charge >= 0.3 is 0 Å². The summed E-state index contributed by atoms with van der Waals surface area (Å²) in [6, 6.07) is 15.5. The molecule has 2 aromatic carbocycles. The highest BCUT2D eigenvalue weighted by Crippen LogP contribution is 2.17. The second-order valence-corrected chi connectivity index (χ2v) is 7.12. The molecule has 0 aliphatic heterocycles. The summed E-state index contributed by atoms with van der Waals surface area (Å²) in [7, 11) is 0. The van der Waals surface area contributed by atoms with E-state index in [1.807, 2.05) is 19.9 Å². The van der Waals surface area contributed by atoms with Crippen molar-refractivity contribution in [3.63, 3.8) is 0 Å². The van der Waals surface area contributed by atoms with Gasteiger partial charge in [-0.25, -0.2) is 0 Å². The van der Waals surface area contributed by atoms with E-state index in [2.05, 4.69) is 48.7 Å². The molecule has 4 heteroatoms. The van der Waals surface area contributed by atoms with Crippen LogP contribution in [-0.2, 0) is 11.2 Å². The standard InChI is InChI=1S/C22H28N2O2/c1-15(2)18-12-9-17(10-13-18)11-14-21(25)24-20-8-6-5-7-19(20)22(26)23-16(3)4/h5-10,12-13,15-16H,11,14H2,1-4H3,(H,23,26)(H,24,25). The smallest absolute Gasteiger partial charge is 0.253 e. The SMILES string of the molecule is CC(C)NC(=O)c1ccccc1NC(=O)CCc1ccc(C(C)C)cc1. The summed E-state index contributed by atoms with van der Waals surface area (Å²) in [6.45, 7) is 8.14. The number of rotatable bonds is 7. The summed E-state index contributed by atoms with van der Waals surface area (Å²) in [4.78, 5) is 24.6. The van der Waals surface area contributed by atoms with Crippen molar-refractivity contribution in [2.45, 2.75) is 52.5 Å². The van der Waals surface area contributed by atoms with Crippen LogP contribution in [0, 0.1) is 0 Å². The lowest BCUT2D eigenvalue weighted by molar-refractivity contribution is -0.116. The van der Waals surface area contributed by atoms with Crippen LogP contribution in [0.1, 0.15) is 61.5 Å². The third-order valence-electron chi connectivity index (χ3n) is 4.15. The topological polar surface area (TPSA) is 58.2 Å². The molecule has 0 aliphatic rings. The first-order chi connectivity index (χ1) is 12.4. The maximum atomic E-state index is 12.3. The van der Waals surface area contributed by atoms with Crippen LogP contribution in [0.15, 0.2) is 48.5 Å². The Hall–Kier alpha value is -2.62. The predicted octanol–water partition coefficient (Wildman–Crippen LogP) is 4.52. The van der Waals surface area contributed by atoms with Gasteiger partial charge in [-0.3, -0.25) is 9.59 Å². The highest BCUT2D eigenvalue weighted by Gasteiger charge is 2.13. The van der Waals surface area contributed by atoms with Crippen LogP contribution in [0.4, 0.5) is 5.69 Å². The molecular formula is C22H28N2O2. The predicted molar refractivity (Wildman–Crippen MR) is 107 cm³/mol. The maximum Gasteiger partial charge on any atom is 0.253 e. The van der Waals surface area contributed by atoms with Gasteiger partial charge in [-0.2, -0.15) is 0 Å². The number of anilines is 1. The van der Waals surface area contributed by atoms with Gasteiger partial charge in [-0.1, -0.05) is 50.2 Å². The zero-order chi connectivity index (χ0) is 19.1. The van der Waals surface area contributed by atoms with Gasteiger partial charge < -0.3 is 10.6 Å². The van der Waals surface area contributed by atoms with Gasteiger partial charge in [0, 0.05) is 12.5 Å². The molecule has 0 aliphatic carbocycles. The van der Waals surface area contributed by atoms with E-state index >= 15 is 0 Å². The van der Waals surface area contributed by atoms with E-state index < -0.39 is 0 Å². The van der Waals surface area contributed by atoms with E-state index in [9.17, 15) is 9.59 Å². The first kappa shape index (κ1) is 19.7. The maximum absolute atomic E-state index is 12.3. The molecule has 4 nitrogen and oxygen atoms in total. The van der Waals surface area contributed by atoms with Crippen LogP contribution in [0.5, 0.6) is 0 Å². The largest absolute Gasteiger partial charge is 0.350 e. The van der Waals surface area contributed by atoms with Gasteiger partial charge in [0.25, 0.3) is 5.91 Å². The number of aryl methyl sites for hydroxylation is 1. The van der Waals surface area contributed by atoms with Crippen molar-refractivity contribution in [3.8, 4) is 0 Å². The van der Waals surface area contributed by atoms with Crippen LogP contribution >= 0.6 is 0 Å². The van der Waals surface area contributed by atoms with E-state index in [0.29, 0.717) is 30.0 Å². The minimum absolute atomic E-state index is 0.0417. The molecular weight excluding hydrogens is 324 g/mol. The van der Waals surface area contributed by atoms with Crippen LogP contribution in [0.25, 0.3) is 0 Å². The Bertz CT molecular complexity index is 749. The quantitative estimate of drug-likeness (QED) is 0.770. The van der Waals surface area contributed by atoms with Crippen molar-refractivity contribution < 1.29 is 9.59 Å². The molecule has 0 bridgehead atoms. The fourth-order valence-corrected chi connectivity index (χ4v) is 2.67. The van der Waals surface area contributed by atoms with Crippen LogP contribution in [-0.4, -0.2) is 17.9 Å². The average Bonchev–Trinajstić information content (AvgIpc) is 2.60. The Labute approximate surface area is 156 Å². The van der Waals surface area contributed by atoms with E-state index in [0.717, 1.165) is 5.56 Å². The summed E-state index contributed by atoms with van der Waals surface area (Å²) in [6.07, 6.45) is 1.05. The first-order valence-electron chi connectivity index (χ1n) is 9.15. The second kappa shape index (κ2) is 9.18. The highest BCUT2D eigenvalue weighted by molar-refractivity contribution is 6.03. The number of para-hydroxylation sites is 1. The summed E-state index contributed by atoms with van der Waals surface area (Å²) < 4.78 is 0. The molecule has 2 aromatic rings. The number of nitrogens with one attached hydrogen (secondary N) is 2. The number of benzene rings is 2. The lowest BCUT2D eigenvalue weighted by Crippen LogP contribution is -2.31. The van der Waals surface area contributed by atoms with E-state index in [4.69, 9.17) is 0 Å². The molecule has 0 unspecified atom stereocenters. The minimum atomic E-state index is -0.180. The Kier molecular flexibility index (Phi) is 6.96. The Morgan fingerprint density at radius 3 is 2.19 bits per heavy atom. The number of hydrogen-bond donors (Lipinski definition) is 2. The van der Waals surface area contributed by atoms with E-state index in [-0.39, 0.29) is 17.9 Å². The van der Waals surface area contributed by atoms with Crippen molar-refractivity contribution in [3.05, 3.63) is 65.2 Å². The van der Waals surface area contributed by atoms with Crippen molar-refractivity contribution >= 4 is 17.5 Å². The lowest BCUT2D eigenvalue weighted by atomic mass is 10.0. The lowest BCUT2D eigenvalue weighted by Gasteiger charge is -2.13. The normalized spacial score (nSPS) is 10.8. The zero-order valence-electron chi connectivity index (χ0n) is 16.0. The number of carbonyl (C=O) groups excluding carboxylic acids is 2. The molecule has 2 rings (SSSR count). The van der Waals surface area contributed by atoms with Crippen molar-refractivity contribution in [1.82, 2.24) is 5.32 Å². The zero-order valence-corrected chi connectivity index (χ0v) is 16.0. The molecule has 0 saturated heterocycles. The van der Waals surface area contributed by atoms with Crippen LogP contribution in [0.2, 0.25) is 0 Å². The fourth-order valence-electron chi connectivity index (χ4n) is 2.67. The van der Waals surface area contributed by atoms with Gasteiger partial charge in [0.15, 0.2) is 0 Å². The van der Waals surface area contributed by atoms with Crippen LogP contribution < -0.4 is 10.6 Å². The summed E-state index contributed by atoms with van der Waals surface area (Å²) in [5.74, 6) is 0.226. The molecule has 0 spiro atoms. The molecule has 138 valence electrons. The second-order valence-electron chi connectivity index (χ2n) is 7.12. The monoisotopic (exact) mass is 352 g/mol. The first-order valence-corrected chi connectivity index (χ1v) is 9.15. The Morgan fingerprint density at radius 2 is 1.58 bits per heavy atom. The molecule has 0 atom stereocenters. The Morgan fingerprint density at radius 1 is 0.923 bits per heavy atom. The van der Waals surface area contributed by atoms with Crippen molar-refractivity contribution in [2.24, 2.45) is 0 Å². The molecule has 2 amide bonds. The molecule has 26 heavy (non-hydrogen) atoms. The van der Waals surface area contributed by atoms with E-state index in [1.165, 1.54) is 5.56 Å². The highest BCUT2D eigenvalue weighted by atomic mass is 16.2. The number of carbonyl (C=O) groups is 2.